The highest BCUT2D eigenvalue weighted by Crippen LogP contribution is 2.28. The molecule has 1 aromatic heterocycles. The lowest BCUT2D eigenvalue weighted by Gasteiger charge is -2.09. The van der Waals surface area contributed by atoms with Gasteiger partial charge in [-0.2, -0.15) is 0 Å². The van der Waals surface area contributed by atoms with E-state index in [-0.39, 0.29) is 12.5 Å². The summed E-state index contributed by atoms with van der Waals surface area (Å²) in [5.74, 6) is -0.0127. The van der Waals surface area contributed by atoms with Crippen molar-refractivity contribution in [2.75, 3.05) is 6.54 Å². The third-order valence-electron chi connectivity index (χ3n) is 3.80. The van der Waals surface area contributed by atoms with E-state index in [1.54, 1.807) is 29.6 Å². The molecule has 4 nitrogen and oxygen atoms in total. The molecule has 0 spiro atoms. The van der Waals surface area contributed by atoms with Crippen molar-refractivity contribution < 1.29 is 13.9 Å². The van der Waals surface area contributed by atoms with E-state index >= 15 is 0 Å². The fourth-order valence-electron chi connectivity index (χ4n) is 2.38. The van der Waals surface area contributed by atoms with Crippen molar-refractivity contribution >= 4 is 28.8 Å². The molecule has 0 aliphatic heterocycles. The minimum atomic E-state index is -0.402. The maximum absolute atomic E-state index is 13.9. The number of thiazole rings is 1. The molecule has 1 heterocycles. The lowest BCUT2D eigenvalue weighted by molar-refractivity contribution is 0.0949. The maximum Gasteiger partial charge on any atom is 0.270 e. The van der Waals surface area contributed by atoms with Crippen molar-refractivity contribution in [3.63, 3.8) is 0 Å². The molecule has 1 amide bonds. The van der Waals surface area contributed by atoms with Gasteiger partial charge in [0.15, 0.2) is 0 Å². The lowest BCUT2D eigenvalue weighted by atomic mass is 10.2. The molecule has 0 atom stereocenters. The van der Waals surface area contributed by atoms with Gasteiger partial charge in [-0.1, -0.05) is 36.7 Å². The molecule has 3 aromatic rings. The van der Waals surface area contributed by atoms with Crippen LogP contribution in [0.15, 0.2) is 47.8 Å². The highest BCUT2D eigenvalue weighted by Gasteiger charge is 2.12. The van der Waals surface area contributed by atoms with Gasteiger partial charge >= 0.3 is 0 Å². The SMILES string of the molecule is CCCNC(=O)c1csc(-c2cccc(OCc3c(F)cccc3Cl)c2)n1. The van der Waals surface area contributed by atoms with E-state index in [4.69, 9.17) is 16.3 Å². The number of hydrogen-bond acceptors (Lipinski definition) is 4. The molecule has 2 aromatic carbocycles. The van der Waals surface area contributed by atoms with Crippen molar-refractivity contribution in [1.29, 1.82) is 0 Å². The number of carbonyl (C=O) groups excluding carboxylic acids is 1. The Morgan fingerprint density at radius 3 is 2.89 bits per heavy atom. The van der Waals surface area contributed by atoms with E-state index in [0.717, 1.165) is 12.0 Å². The molecule has 3 rings (SSSR count). The second kappa shape index (κ2) is 8.97. The van der Waals surface area contributed by atoms with Crippen molar-refractivity contribution in [2.45, 2.75) is 20.0 Å². The van der Waals surface area contributed by atoms with Crippen LogP contribution < -0.4 is 10.1 Å². The number of nitrogens with one attached hydrogen (secondary N) is 1. The Balaban J connectivity index is 1.72. The number of rotatable bonds is 7. The van der Waals surface area contributed by atoms with Crippen molar-refractivity contribution in [3.05, 3.63) is 69.9 Å². The molecular weight excluding hydrogens is 387 g/mol. The predicted octanol–water partition coefficient (Wildman–Crippen LogP) is 5.32. The van der Waals surface area contributed by atoms with Crippen molar-refractivity contribution in [2.24, 2.45) is 0 Å². The van der Waals surface area contributed by atoms with E-state index in [1.807, 2.05) is 19.1 Å². The van der Waals surface area contributed by atoms with Gasteiger partial charge in [0.2, 0.25) is 0 Å². The number of aromatic nitrogens is 1. The lowest BCUT2D eigenvalue weighted by Crippen LogP contribution is -2.24. The summed E-state index contributed by atoms with van der Waals surface area (Å²) < 4.78 is 19.6. The number of amides is 1. The molecule has 0 saturated heterocycles. The van der Waals surface area contributed by atoms with Crippen LogP contribution in [0.4, 0.5) is 4.39 Å². The Labute approximate surface area is 166 Å². The number of carbonyl (C=O) groups is 1. The van der Waals surface area contributed by atoms with E-state index in [2.05, 4.69) is 10.3 Å². The van der Waals surface area contributed by atoms with E-state index in [0.29, 0.717) is 33.6 Å². The molecule has 0 unspecified atom stereocenters. The first kappa shape index (κ1) is 19.3. The zero-order valence-corrected chi connectivity index (χ0v) is 16.2. The molecule has 0 fully saturated rings. The minimum absolute atomic E-state index is 0.0253. The van der Waals surface area contributed by atoms with Crippen LogP contribution in [-0.4, -0.2) is 17.4 Å². The van der Waals surface area contributed by atoms with Gasteiger partial charge < -0.3 is 10.1 Å². The van der Waals surface area contributed by atoms with Crippen LogP contribution >= 0.6 is 22.9 Å². The molecular formula is C20H18ClFN2O2S. The zero-order valence-electron chi connectivity index (χ0n) is 14.7. The standard InChI is InChI=1S/C20H18ClFN2O2S/c1-2-9-23-19(25)18-12-27-20(24-18)13-5-3-6-14(10-13)26-11-15-16(21)7-4-8-17(15)22/h3-8,10,12H,2,9,11H2,1H3,(H,23,25). The van der Waals surface area contributed by atoms with E-state index in [1.165, 1.54) is 17.4 Å². The first-order valence-corrected chi connectivity index (χ1v) is 9.74. The first-order valence-electron chi connectivity index (χ1n) is 8.48. The van der Waals surface area contributed by atoms with E-state index < -0.39 is 5.82 Å². The van der Waals surface area contributed by atoms with Crippen LogP contribution in [0.3, 0.4) is 0 Å². The number of ether oxygens (including phenoxy) is 1. The van der Waals surface area contributed by atoms with Crippen LogP contribution in [-0.2, 0) is 6.61 Å². The van der Waals surface area contributed by atoms with Crippen molar-refractivity contribution in [3.8, 4) is 16.3 Å². The van der Waals surface area contributed by atoms with Gasteiger partial charge in [0, 0.05) is 23.1 Å². The summed E-state index contributed by atoms with van der Waals surface area (Å²) in [6.07, 6.45) is 0.869. The Bertz CT molecular complexity index is 925. The number of nitrogens with zero attached hydrogens (tertiary/aromatic N) is 1. The average Bonchev–Trinajstić information content (AvgIpc) is 3.16. The highest BCUT2D eigenvalue weighted by molar-refractivity contribution is 7.13. The normalized spacial score (nSPS) is 10.6. The average molecular weight is 405 g/mol. The molecule has 0 saturated carbocycles. The smallest absolute Gasteiger partial charge is 0.270 e. The Kier molecular flexibility index (Phi) is 6.42. The third kappa shape index (κ3) is 4.84. The summed E-state index contributed by atoms with van der Waals surface area (Å²) in [5.41, 5.74) is 1.54. The summed E-state index contributed by atoms with van der Waals surface area (Å²) in [4.78, 5) is 16.4. The Hall–Kier alpha value is -2.44. The van der Waals surface area contributed by atoms with Gasteiger partial charge in [-0.25, -0.2) is 9.37 Å². The van der Waals surface area contributed by atoms with Gasteiger partial charge in [-0.3, -0.25) is 4.79 Å². The van der Waals surface area contributed by atoms with Gasteiger partial charge in [0.05, 0.1) is 5.02 Å². The predicted molar refractivity (Wildman–Crippen MR) is 106 cm³/mol. The maximum atomic E-state index is 13.9. The molecule has 0 bridgehead atoms. The summed E-state index contributed by atoms with van der Waals surface area (Å²) in [5, 5.41) is 5.58. The third-order valence-corrected chi connectivity index (χ3v) is 5.04. The zero-order chi connectivity index (χ0) is 19.2. The fraction of sp³-hybridized carbons (Fsp3) is 0.200. The van der Waals surface area contributed by atoms with Gasteiger partial charge in [-0.05, 0) is 30.7 Å². The van der Waals surface area contributed by atoms with Gasteiger partial charge in [-0.15, -0.1) is 11.3 Å². The van der Waals surface area contributed by atoms with Crippen LogP contribution in [0.25, 0.3) is 10.6 Å². The van der Waals surface area contributed by atoms with Crippen molar-refractivity contribution in [1.82, 2.24) is 10.3 Å². The van der Waals surface area contributed by atoms with E-state index in [9.17, 15) is 9.18 Å². The molecule has 0 radical (unpaired) electrons. The number of halogens is 2. The monoisotopic (exact) mass is 404 g/mol. The summed E-state index contributed by atoms with van der Waals surface area (Å²) >= 11 is 7.41. The number of benzene rings is 2. The fourth-order valence-corrected chi connectivity index (χ4v) is 3.40. The largest absolute Gasteiger partial charge is 0.489 e. The summed E-state index contributed by atoms with van der Waals surface area (Å²) in [7, 11) is 0. The first-order chi connectivity index (χ1) is 13.1. The Morgan fingerprint density at radius 1 is 1.30 bits per heavy atom. The number of hydrogen-bond donors (Lipinski definition) is 1. The van der Waals surface area contributed by atoms with Crippen LogP contribution in [0, 0.1) is 5.82 Å². The topological polar surface area (TPSA) is 51.2 Å². The molecule has 0 aliphatic carbocycles. The Morgan fingerprint density at radius 2 is 2.11 bits per heavy atom. The molecule has 7 heteroatoms. The highest BCUT2D eigenvalue weighted by atomic mass is 35.5. The summed E-state index contributed by atoms with van der Waals surface area (Å²) in [6.45, 7) is 2.64. The van der Waals surface area contributed by atoms with Gasteiger partial charge in [0.25, 0.3) is 5.91 Å². The summed E-state index contributed by atoms with van der Waals surface area (Å²) in [6, 6.07) is 11.8. The quantitative estimate of drug-likeness (QED) is 0.579. The molecule has 27 heavy (non-hydrogen) atoms. The van der Waals surface area contributed by atoms with Gasteiger partial charge in [0.1, 0.15) is 28.9 Å². The minimum Gasteiger partial charge on any atom is -0.489 e. The molecule has 1 N–H and O–H groups in total. The second-order valence-electron chi connectivity index (χ2n) is 5.81. The van der Waals surface area contributed by atoms with Crippen LogP contribution in [0.2, 0.25) is 5.02 Å². The van der Waals surface area contributed by atoms with Crippen LogP contribution in [0.1, 0.15) is 29.4 Å². The molecule has 0 aliphatic rings. The van der Waals surface area contributed by atoms with Crippen LogP contribution in [0.5, 0.6) is 5.75 Å². The second-order valence-corrected chi connectivity index (χ2v) is 7.08. The molecule has 140 valence electrons.